The number of urea groups is 1. The molecule has 3 amide bonds. The zero-order valence-corrected chi connectivity index (χ0v) is 16.7. The molecule has 2 aliphatic heterocycles. The smallest absolute Gasteiger partial charge is 0.322 e. The number of likely N-dealkylation sites (N-methyl/N-ethyl adjacent to an activating group) is 1. The standard InChI is InChI=1S/C23H25N3O3/c1-3-29-18-11-9-17(10-12-18)21-20-19(25(2)23(28)24-21)15-26(22(20)27)14-13-16-7-5-4-6-8-16/h4-12,21H,3,13-15H2,1-2H3,(H,24,28)/t21-/m0/s1. The molecule has 0 aromatic heterocycles. The Balaban J connectivity index is 1.56. The molecule has 2 heterocycles. The molecule has 0 saturated carbocycles. The van der Waals surface area contributed by atoms with Gasteiger partial charge in [0.15, 0.2) is 0 Å². The van der Waals surface area contributed by atoms with E-state index in [0.717, 1.165) is 23.4 Å². The van der Waals surface area contributed by atoms with Crippen molar-refractivity contribution in [2.24, 2.45) is 0 Å². The second-order valence-corrected chi connectivity index (χ2v) is 7.27. The SMILES string of the molecule is CCOc1ccc([C@@H]2NC(=O)N(C)C3=C2C(=O)N(CCc2ccccc2)C3)cc1. The van der Waals surface area contributed by atoms with Crippen molar-refractivity contribution in [1.29, 1.82) is 0 Å². The van der Waals surface area contributed by atoms with Crippen molar-refractivity contribution >= 4 is 11.9 Å². The molecule has 2 aromatic carbocycles. The molecule has 2 aromatic rings. The molecule has 6 nitrogen and oxygen atoms in total. The topological polar surface area (TPSA) is 61.9 Å². The molecule has 0 radical (unpaired) electrons. The summed E-state index contributed by atoms with van der Waals surface area (Å²) in [4.78, 5) is 29.1. The first-order chi connectivity index (χ1) is 14.1. The van der Waals surface area contributed by atoms with Crippen LogP contribution in [-0.2, 0) is 11.2 Å². The number of hydrogen-bond donors (Lipinski definition) is 1. The first-order valence-corrected chi connectivity index (χ1v) is 9.91. The highest BCUT2D eigenvalue weighted by Crippen LogP contribution is 2.36. The van der Waals surface area contributed by atoms with E-state index >= 15 is 0 Å². The molecular weight excluding hydrogens is 366 g/mol. The van der Waals surface area contributed by atoms with Crippen LogP contribution < -0.4 is 10.1 Å². The number of benzene rings is 2. The Hall–Kier alpha value is -3.28. The zero-order chi connectivity index (χ0) is 20.4. The fourth-order valence-corrected chi connectivity index (χ4v) is 3.89. The van der Waals surface area contributed by atoms with Gasteiger partial charge in [-0.3, -0.25) is 9.69 Å². The molecule has 0 fully saturated rings. The van der Waals surface area contributed by atoms with Gasteiger partial charge in [0.1, 0.15) is 5.75 Å². The Kier molecular flexibility index (Phi) is 5.25. The lowest BCUT2D eigenvalue weighted by molar-refractivity contribution is -0.125. The van der Waals surface area contributed by atoms with Crippen LogP contribution in [0.5, 0.6) is 5.75 Å². The van der Waals surface area contributed by atoms with Gasteiger partial charge in [-0.05, 0) is 36.6 Å². The van der Waals surface area contributed by atoms with E-state index < -0.39 is 6.04 Å². The average molecular weight is 391 g/mol. The average Bonchev–Trinajstić information content (AvgIpc) is 3.07. The Morgan fingerprint density at radius 3 is 2.48 bits per heavy atom. The van der Waals surface area contributed by atoms with E-state index in [2.05, 4.69) is 17.4 Å². The van der Waals surface area contributed by atoms with Crippen LogP contribution in [0, 0.1) is 0 Å². The first kappa shape index (κ1) is 19.1. The van der Waals surface area contributed by atoms with Crippen LogP contribution in [0.15, 0.2) is 65.9 Å². The van der Waals surface area contributed by atoms with Crippen LogP contribution in [0.4, 0.5) is 4.79 Å². The van der Waals surface area contributed by atoms with E-state index in [1.807, 2.05) is 54.3 Å². The Morgan fingerprint density at radius 2 is 1.79 bits per heavy atom. The van der Waals surface area contributed by atoms with E-state index in [4.69, 9.17) is 4.74 Å². The summed E-state index contributed by atoms with van der Waals surface area (Å²) in [5.74, 6) is 0.758. The van der Waals surface area contributed by atoms with Gasteiger partial charge in [-0.1, -0.05) is 42.5 Å². The highest BCUT2D eigenvalue weighted by atomic mass is 16.5. The monoisotopic (exact) mass is 391 g/mol. The van der Waals surface area contributed by atoms with Crippen molar-refractivity contribution in [3.63, 3.8) is 0 Å². The minimum atomic E-state index is -0.446. The van der Waals surface area contributed by atoms with Gasteiger partial charge in [0.25, 0.3) is 5.91 Å². The summed E-state index contributed by atoms with van der Waals surface area (Å²) in [5.41, 5.74) is 3.51. The van der Waals surface area contributed by atoms with Gasteiger partial charge in [0.05, 0.1) is 30.5 Å². The normalized spacial score (nSPS) is 18.8. The Bertz CT molecular complexity index is 938. The lowest BCUT2D eigenvalue weighted by atomic mass is 9.95. The van der Waals surface area contributed by atoms with Gasteiger partial charge in [0.2, 0.25) is 0 Å². The molecule has 1 atom stereocenters. The maximum Gasteiger partial charge on any atom is 0.322 e. The fraction of sp³-hybridized carbons (Fsp3) is 0.304. The molecule has 0 spiro atoms. The van der Waals surface area contributed by atoms with Gasteiger partial charge >= 0.3 is 6.03 Å². The van der Waals surface area contributed by atoms with Gasteiger partial charge in [0, 0.05) is 13.6 Å². The number of carbonyl (C=O) groups is 2. The number of carbonyl (C=O) groups excluding carboxylic acids is 2. The van der Waals surface area contributed by atoms with E-state index in [1.54, 1.807) is 11.9 Å². The Morgan fingerprint density at radius 1 is 1.07 bits per heavy atom. The van der Waals surface area contributed by atoms with Gasteiger partial charge < -0.3 is 15.0 Å². The number of amides is 3. The minimum absolute atomic E-state index is 0.0123. The van der Waals surface area contributed by atoms with Crippen LogP contribution in [0.25, 0.3) is 0 Å². The molecule has 0 bridgehead atoms. The highest BCUT2D eigenvalue weighted by Gasteiger charge is 2.42. The number of rotatable bonds is 6. The van der Waals surface area contributed by atoms with Crippen LogP contribution in [0.2, 0.25) is 0 Å². The van der Waals surface area contributed by atoms with Crippen molar-refractivity contribution in [2.45, 2.75) is 19.4 Å². The molecular formula is C23H25N3O3. The second kappa shape index (κ2) is 7.99. The summed E-state index contributed by atoms with van der Waals surface area (Å²) < 4.78 is 5.50. The molecule has 0 saturated heterocycles. The number of hydrogen-bond acceptors (Lipinski definition) is 3. The number of nitrogens with one attached hydrogen (secondary N) is 1. The van der Waals surface area contributed by atoms with E-state index in [-0.39, 0.29) is 11.9 Å². The van der Waals surface area contributed by atoms with Crippen LogP contribution in [-0.4, -0.2) is 48.5 Å². The summed E-state index contributed by atoms with van der Waals surface area (Å²) in [6.07, 6.45) is 0.784. The molecule has 0 unspecified atom stereocenters. The summed E-state index contributed by atoms with van der Waals surface area (Å²) in [7, 11) is 1.72. The molecule has 6 heteroatoms. The third kappa shape index (κ3) is 3.70. The highest BCUT2D eigenvalue weighted by molar-refractivity contribution is 6.01. The lowest BCUT2D eigenvalue weighted by Crippen LogP contribution is -2.45. The van der Waals surface area contributed by atoms with Crippen molar-refractivity contribution in [3.05, 3.63) is 77.0 Å². The van der Waals surface area contributed by atoms with Crippen LogP contribution in [0.3, 0.4) is 0 Å². The quantitative estimate of drug-likeness (QED) is 0.823. The van der Waals surface area contributed by atoms with Crippen LogP contribution >= 0.6 is 0 Å². The summed E-state index contributed by atoms with van der Waals surface area (Å²) in [6, 6.07) is 17.0. The largest absolute Gasteiger partial charge is 0.494 e. The third-order valence-electron chi connectivity index (χ3n) is 5.47. The van der Waals surface area contributed by atoms with E-state index in [9.17, 15) is 9.59 Å². The number of ether oxygens (including phenoxy) is 1. The summed E-state index contributed by atoms with van der Waals surface area (Å²) in [6.45, 7) is 3.60. The molecule has 4 rings (SSSR count). The van der Waals surface area contributed by atoms with E-state index in [0.29, 0.717) is 25.3 Å². The zero-order valence-electron chi connectivity index (χ0n) is 16.7. The van der Waals surface area contributed by atoms with Crippen molar-refractivity contribution < 1.29 is 14.3 Å². The predicted octanol–water partition coefficient (Wildman–Crippen LogP) is 3.12. The number of nitrogens with zero attached hydrogens (tertiary/aromatic N) is 2. The maximum atomic E-state index is 13.2. The summed E-state index contributed by atoms with van der Waals surface area (Å²) in [5, 5.41) is 2.97. The van der Waals surface area contributed by atoms with Crippen molar-refractivity contribution in [2.75, 3.05) is 26.7 Å². The second-order valence-electron chi connectivity index (χ2n) is 7.27. The molecule has 1 N–H and O–H groups in total. The maximum absolute atomic E-state index is 13.2. The molecule has 150 valence electrons. The van der Waals surface area contributed by atoms with E-state index in [1.165, 1.54) is 5.56 Å². The molecule has 2 aliphatic rings. The Labute approximate surface area is 170 Å². The van der Waals surface area contributed by atoms with Gasteiger partial charge in [-0.15, -0.1) is 0 Å². The predicted molar refractivity (Wildman–Crippen MR) is 110 cm³/mol. The lowest BCUT2D eigenvalue weighted by Gasteiger charge is -2.31. The first-order valence-electron chi connectivity index (χ1n) is 9.91. The fourth-order valence-electron chi connectivity index (χ4n) is 3.89. The van der Waals surface area contributed by atoms with Gasteiger partial charge in [-0.2, -0.15) is 0 Å². The van der Waals surface area contributed by atoms with Gasteiger partial charge in [-0.25, -0.2) is 4.79 Å². The molecule has 0 aliphatic carbocycles. The minimum Gasteiger partial charge on any atom is -0.494 e. The van der Waals surface area contributed by atoms with Crippen LogP contribution in [0.1, 0.15) is 24.1 Å². The summed E-state index contributed by atoms with van der Waals surface area (Å²) >= 11 is 0. The van der Waals surface area contributed by atoms with Crippen molar-refractivity contribution in [1.82, 2.24) is 15.1 Å². The third-order valence-corrected chi connectivity index (χ3v) is 5.47. The molecule has 29 heavy (non-hydrogen) atoms. The van der Waals surface area contributed by atoms with Crippen molar-refractivity contribution in [3.8, 4) is 5.75 Å².